The van der Waals surface area contributed by atoms with Gasteiger partial charge in [-0.2, -0.15) is 0 Å². The number of ether oxygens (including phenoxy) is 1. The zero-order valence-electron chi connectivity index (χ0n) is 21.1. The number of hydrogen-bond acceptors (Lipinski definition) is 5. The van der Waals surface area contributed by atoms with Crippen LogP contribution in [0.25, 0.3) is 12.2 Å². The Hall–Kier alpha value is -3.73. The van der Waals surface area contributed by atoms with Gasteiger partial charge in [0.1, 0.15) is 34.2 Å². The minimum Gasteiger partial charge on any atom is -0.508 e. The van der Waals surface area contributed by atoms with Crippen LogP contribution in [0.5, 0.6) is 23.0 Å². The summed E-state index contributed by atoms with van der Waals surface area (Å²) in [6.45, 7) is 9.83. The molecule has 0 fully saturated rings. The van der Waals surface area contributed by atoms with Gasteiger partial charge in [-0.25, -0.2) is 0 Å². The van der Waals surface area contributed by atoms with Crippen molar-refractivity contribution in [3.63, 3.8) is 0 Å². The predicted molar refractivity (Wildman–Crippen MR) is 141 cm³/mol. The summed E-state index contributed by atoms with van der Waals surface area (Å²) in [6, 6.07) is 6.43. The normalized spacial score (nSPS) is 14.5. The first-order valence-corrected chi connectivity index (χ1v) is 11.8. The molecule has 0 saturated carbocycles. The van der Waals surface area contributed by atoms with Crippen molar-refractivity contribution < 1.29 is 24.9 Å². The van der Waals surface area contributed by atoms with E-state index in [4.69, 9.17) is 4.74 Å². The first-order chi connectivity index (χ1) is 16.5. The Morgan fingerprint density at radius 1 is 1.00 bits per heavy atom. The van der Waals surface area contributed by atoms with Crippen LogP contribution < -0.4 is 4.74 Å². The fourth-order valence-corrected chi connectivity index (χ4v) is 3.85. The number of phenolic OH excluding ortho intramolecular Hbond substituents is 3. The molecule has 35 heavy (non-hydrogen) atoms. The molecule has 5 nitrogen and oxygen atoms in total. The molecule has 0 saturated heterocycles. The van der Waals surface area contributed by atoms with Crippen LogP contribution >= 0.6 is 0 Å². The molecule has 1 heterocycles. The van der Waals surface area contributed by atoms with Gasteiger partial charge in [0.15, 0.2) is 5.78 Å². The maximum absolute atomic E-state index is 13.3. The number of benzene rings is 2. The van der Waals surface area contributed by atoms with Gasteiger partial charge in [0.05, 0.1) is 5.56 Å². The van der Waals surface area contributed by atoms with Gasteiger partial charge >= 0.3 is 0 Å². The summed E-state index contributed by atoms with van der Waals surface area (Å²) in [5.74, 6) is -0.503. The molecule has 184 valence electrons. The molecule has 1 aliphatic heterocycles. The van der Waals surface area contributed by atoms with Crippen LogP contribution in [0.4, 0.5) is 0 Å². The van der Waals surface area contributed by atoms with Gasteiger partial charge in [-0.05, 0) is 89.8 Å². The van der Waals surface area contributed by atoms with Gasteiger partial charge in [0, 0.05) is 5.56 Å². The zero-order chi connectivity index (χ0) is 25.8. The van der Waals surface area contributed by atoms with E-state index in [1.807, 2.05) is 32.9 Å². The SMILES string of the molecule is CC(C)=CCCC(C)=CCc1c(O)c2c(c(C(=O)C=Cc3ccc(O)cc3)c1O)OC(C)(C)C=C2. The molecule has 5 heteroatoms. The van der Waals surface area contributed by atoms with Crippen LogP contribution in [-0.2, 0) is 6.42 Å². The summed E-state index contributed by atoms with van der Waals surface area (Å²) in [7, 11) is 0. The third-order valence-corrected chi connectivity index (χ3v) is 5.86. The maximum atomic E-state index is 13.3. The fourth-order valence-electron chi connectivity index (χ4n) is 3.85. The number of ketones is 1. The van der Waals surface area contributed by atoms with E-state index in [1.54, 1.807) is 24.3 Å². The second kappa shape index (κ2) is 10.7. The van der Waals surface area contributed by atoms with Gasteiger partial charge in [0.2, 0.25) is 0 Å². The van der Waals surface area contributed by atoms with E-state index in [9.17, 15) is 20.1 Å². The third-order valence-electron chi connectivity index (χ3n) is 5.86. The molecular weight excluding hydrogens is 440 g/mol. The van der Waals surface area contributed by atoms with Crippen LogP contribution in [0, 0.1) is 0 Å². The van der Waals surface area contributed by atoms with Crippen molar-refractivity contribution in [3.8, 4) is 23.0 Å². The highest BCUT2D eigenvalue weighted by atomic mass is 16.5. The van der Waals surface area contributed by atoms with E-state index in [1.165, 1.54) is 23.8 Å². The Balaban J connectivity index is 2.02. The van der Waals surface area contributed by atoms with Crippen molar-refractivity contribution >= 4 is 17.9 Å². The van der Waals surface area contributed by atoms with Crippen LogP contribution in [0.3, 0.4) is 0 Å². The molecule has 0 radical (unpaired) electrons. The Morgan fingerprint density at radius 2 is 1.69 bits per heavy atom. The minimum absolute atomic E-state index is 0.0239. The number of carbonyl (C=O) groups is 1. The highest BCUT2D eigenvalue weighted by molar-refractivity contribution is 6.12. The lowest BCUT2D eigenvalue weighted by atomic mass is 9.91. The lowest BCUT2D eigenvalue weighted by Gasteiger charge is -2.30. The Kier molecular flexibility index (Phi) is 7.90. The van der Waals surface area contributed by atoms with E-state index in [2.05, 4.69) is 19.9 Å². The number of hydrogen-bond donors (Lipinski definition) is 3. The second-order valence-corrected chi connectivity index (χ2v) is 9.70. The van der Waals surface area contributed by atoms with Gasteiger partial charge in [-0.1, -0.05) is 41.5 Å². The molecule has 0 spiro atoms. The second-order valence-electron chi connectivity index (χ2n) is 9.70. The summed E-state index contributed by atoms with van der Waals surface area (Å²) in [5, 5.41) is 31.6. The van der Waals surface area contributed by atoms with Crippen LogP contribution in [0.1, 0.15) is 74.5 Å². The number of aromatic hydroxyl groups is 3. The molecule has 0 atom stereocenters. The summed E-state index contributed by atoms with van der Waals surface area (Å²) >= 11 is 0. The summed E-state index contributed by atoms with van der Waals surface area (Å²) in [4.78, 5) is 13.3. The maximum Gasteiger partial charge on any atom is 0.193 e. The number of rotatable bonds is 8. The molecule has 3 rings (SSSR count). The molecule has 0 amide bonds. The fraction of sp³-hybridized carbons (Fsp3) is 0.300. The first kappa shape index (κ1) is 25.9. The average molecular weight is 475 g/mol. The van der Waals surface area contributed by atoms with Crippen molar-refractivity contribution in [2.45, 2.75) is 59.5 Å². The number of allylic oxidation sites excluding steroid dienone is 5. The third kappa shape index (κ3) is 6.44. The lowest BCUT2D eigenvalue weighted by molar-refractivity contribution is 0.103. The molecule has 0 aliphatic carbocycles. The quantitative estimate of drug-likeness (QED) is 0.215. The Bertz CT molecular complexity index is 1220. The molecule has 3 N–H and O–H groups in total. The topological polar surface area (TPSA) is 87.0 Å². The van der Waals surface area contributed by atoms with E-state index in [0.717, 1.165) is 24.0 Å². The molecule has 2 aromatic rings. The zero-order valence-corrected chi connectivity index (χ0v) is 21.1. The Labute approximate surface area is 207 Å². The number of fused-ring (bicyclic) bond motifs is 1. The van der Waals surface area contributed by atoms with Crippen molar-refractivity contribution in [3.05, 3.63) is 82.0 Å². The van der Waals surface area contributed by atoms with Crippen LogP contribution in [0.2, 0.25) is 0 Å². The largest absolute Gasteiger partial charge is 0.508 e. The molecule has 2 aromatic carbocycles. The van der Waals surface area contributed by atoms with E-state index in [0.29, 0.717) is 11.1 Å². The minimum atomic E-state index is -0.704. The molecule has 1 aliphatic rings. The molecular formula is C30H34O5. The van der Waals surface area contributed by atoms with Gasteiger partial charge in [-0.15, -0.1) is 0 Å². The summed E-state index contributed by atoms with van der Waals surface area (Å²) in [5.41, 5.74) is 3.11. The van der Waals surface area contributed by atoms with E-state index >= 15 is 0 Å². The van der Waals surface area contributed by atoms with Gasteiger partial charge in [0.25, 0.3) is 0 Å². The smallest absolute Gasteiger partial charge is 0.193 e. The highest BCUT2D eigenvalue weighted by Crippen LogP contribution is 2.47. The van der Waals surface area contributed by atoms with E-state index in [-0.39, 0.29) is 35.0 Å². The van der Waals surface area contributed by atoms with Crippen molar-refractivity contribution in [1.82, 2.24) is 0 Å². The first-order valence-electron chi connectivity index (χ1n) is 11.8. The average Bonchev–Trinajstić information content (AvgIpc) is 2.77. The van der Waals surface area contributed by atoms with Crippen LogP contribution in [0.15, 0.2) is 59.7 Å². The Morgan fingerprint density at radius 3 is 2.34 bits per heavy atom. The van der Waals surface area contributed by atoms with Crippen LogP contribution in [-0.4, -0.2) is 26.7 Å². The van der Waals surface area contributed by atoms with Gasteiger partial charge < -0.3 is 20.1 Å². The monoisotopic (exact) mass is 474 g/mol. The van der Waals surface area contributed by atoms with Gasteiger partial charge in [-0.3, -0.25) is 4.79 Å². The standard InChI is InChI=1S/C30H34O5/c1-19(2)7-6-8-20(3)9-15-23-27(33)24-17-18-30(4,5)35-29(24)26(28(23)34)25(32)16-12-21-10-13-22(31)14-11-21/h7,9-14,16-18,31,33-34H,6,8,15H2,1-5H3. The summed E-state index contributed by atoms with van der Waals surface area (Å²) in [6.07, 6.45) is 12.7. The van der Waals surface area contributed by atoms with E-state index < -0.39 is 11.4 Å². The lowest BCUT2D eigenvalue weighted by Crippen LogP contribution is -2.28. The predicted octanol–water partition coefficient (Wildman–Crippen LogP) is 7.12. The number of carbonyl (C=O) groups excluding carboxylic acids is 1. The van der Waals surface area contributed by atoms with Crippen molar-refractivity contribution in [2.24, 2.45) is 0 Å². The summed E-state index contributed by atoms with van der Waals surface area (Å²) < 4.78 is 6.04. The van der Waals surface area contributed by atoms with Crippen molar-refractivity contribution in [1.29, 1.82) is 0 Å². The molecule has 0 aromatic heterocycles. The highest BCUT2D eigenvalue weighted by Gasteiger charge is 2.32. The molecule has 0 unspecified atom stereocenters. The molecule has 0 bridgehead atoms. The number of phenols is 3. The van der Waals surface area contributed by atoms with Crippen molar-refractivity contribution in [2.75, 3.05) is 0 Å².